The summed E-state index contributed by atoms with van der Waals surface area (Å²) in [6.45, 7) is 2.50. The maximum absolute atomic E-state index is 12.3. The number of anilines is 1. The highest BCUT2D eigenvalue weighted by molar-refractivity contribution is 7.89. The number of sulfonamides is 1. The summed E-state index contributed by atoms with van der Waals surface area (Å²) < 4.78 is 32.6. The van der Waals surface area contributed by atoms with Gasteiger partial charge in [0.2, 0.25) is 10.0 Å². The van der Waals surface area contributed by atoms with Crippen molar-refractivity contribution in [3.8, 4) is 0 Å². The first-order valence-electron chi connectivity index (χ1n) is 6.50. The molecule has 2 rings (SSSR count). The molecule has 0 bridgehead atoms. The summed E-state index contributed by atoms with van der Waals surface area (Å²) in [7, 11) is -3.97. The molecule has 0 aliphatic carbocycles. The van der Waals surface area contributed by atoms with Crippen molar-refractivity contribution < 1.29 is 23.1 Å². The second kappa shape index (κ2) is 5.63. The highest BCUT2D eigenvalue weighted by Gasteiger charge is 2.32. The van der Waals surface area contributed by atoms with Crippen molar-refractivity contribution in [3.05, 3.63) is 23.8 Å². The van der Waals surface area contributed by atoms with Crippen LogP contribution in [-0.4, -0.2) is 38.2 Å². The number of nitrogen functional groups attached to an aromatic ring is 1. The first-order valence-corrected chi connectivity index (χ1v) is 7.98. The van der Waals surface area contributed by atoms with E-state index in [0.29, 0.717) is 6.61 Å². The Morgan fingerprint density at radius 2 is 2.24 bits per heavy atom. The maximum atomic E-state index is 12.3. The second-order valence-corrected chi connectivity index (χ2v) is 7.02. The number of hydrogen-bond acceptors (Lipinski definition) is 5. The van der Waals surface area contributed by atoms with E-state index >= 15 is 0 Å². The number of nitrogens with two attached hydrogens (primary N) is 1. The molecule has 1 aromatic carbocycles. The molecule has 1 atom stereocenters. The summed E-state index contributed by atoms with van der Waals surface area (Å²) in [4.78, 5) is 10.8. The Bertz CT molecular complexity index is 651. The first kappa shape index (κ1) is 15.7. The number of hydrogen-bond donors (Lipinski definition) is 3. The molecule has 1 heterocycles. The standard InChI is InChI=1S/C13H18N2O5S/c1-13(5-2-6-20-13)8-15-21(18,19)11-7-9(14)3-4-10(11)12(16)17/h3-4,7,15H,2,5-6,8,14H2,1H3,(H,16,17). The largest absolute Gasteiger partial charge is 0.478 e. The Balaban J connectivity index is 2.27. The number of carboxylic acid groups (broad SMARTS) is 1. The topological polar surface area (TPSA) is 119 Å². The van der Waals surface area contributed by atoms with E-state index in [1.54, 1.807) is 0 Å². The number of aromatic carboxylic acids is 1. The van der Waals surface area contributed by atoms with Gasteiger partial charge in [0.05, 0.1) is 16.1 Å². The number of rotatable bonds is 5. The molecule has 1 aliphatic rings. The summed E-state index contributed by atoms with van der Waals surface area (Å²) in [6, 6.07) is 3.67. The minimum atomic E-state index is -3.97. The van der Waals surface area contributed by atoms with Gasteiger partial charge in [0, 0.05) is 18.8 Å². The van der Waals surface area contributed by atoms with Crippen LogP contribution < -0.4 is 10.5 Å². The van der Waals surface area contributed by atoms with Crippen LogP contribution in [0.2, 0.25) is 0 Å². The van der Waals surface area contributed by atoms with Crippen molar-refractivity contribution in [1.82, 2.24) is 4.72 Å². The van der Waals surface area contributed by atoms with Crippen LogP contribution in [0.1, 0.15) is 30.1 Å². The molecule has 1 saturated heterocycles. The zero-order valence-corrected chi connectivity index (χ0v) is 12.4. The lowest BCUT2D eigenvalue weighted by Gasteiger charge is -2.23. The maximum Gasteiger partial charge on any atom is 0.337 e. The summed E-state index contributed by atoms with van der Waals surface area (Å²) in [5.41, 5.74) is 4.87. The molecule has 0 spiro atoms. The van der Waals surface area contributed by atoms with Gasteiger partial charge in [-0.05, 0) is 38.0 Å². The van der Waals surface area contributed by atoms with E-state index in [1.807, 2.05) is 6.92 Å². The van der Waals surface area contributed by atoms with Crippen molar-refractivity contribution in [1.29, 1.82) is 0 Å². The zero-order valence-electron chi connectivity index (χ0n) is 11.6. The van der Waals surface area contributed by atoms with Crippen LogP contribution in [0.25, 0.3) is 0 Å². The van der Waals surface area contributed by atoms with Crippen LogP contribution in [0.15, 0.2) is 23.1 Å². The van der Waals surface area contributed by atoms with Gasteiger partial charge in [-0.15, -0.1) is 0 Å². The Hall–Kier alpha value is -1.64. The molecule has 0 amide bonds. The lowest BCUT2D eigenvalue weighted by Crippen LogP contribution is -2.40. The van der Waals surface area contributed by atoms with E-state index in [0.717, 1.165) is 18.9 Å². The highest BCUT2D eigenvalue weighted by Crippen LogP contribution is 2.25. The third kappa shape index (κ3) is 3.52. The number of nitrogens with one attached hydrogen (secondary N) is 1. The fourth-order valence-electron chi connectivity index (χ4n) is 2.24. The molecule has 1 fully saturated rings. The van der Waals surface area contributed by atoms with Crippen molar-refractivity contribution in [2.45, 2.75) is 30.3 Å². The van der Waals surface area contributed by atoms with E-state index in [4.69, 9.17) is 15.6 Å². The van der Waals surface area contributed by atoms with Gasteiger partial charge in [-0.3, -0.25) is 0 Å². The smallest absolute Gasteiger partial charge is 0.337 e. The van der Waals surface area contributed by atoms with E-state index in [2.05, 4.69) is 4.72 Å². The van der Waals surface area contributed by atoms with Gasteiger partial charge < -0.3 is 15.6 Å². The third-order valence-electron chi connectivity index (χ3n) is 3.46. The van der Waals surface area contributed by atoms with Gasteiger partial charge in [-0.25, -0.2) is 17.9 Å². The Kier molecular flexibility index (Phi) is 4.22. The summed E-state index contributed by atoms with van der Waals surface area (Å²) in [5, 5.41) is 9.09. The molecule has 1 aromatic rings. The van der Waals surface area contributed by atoms with E-state index in [-0.39, 0.29) is 22.7 Å². The molecule has 21 heavy (non-hydrogen) atoms. The van der Waals surface area contributed by atoms with Gasteiger partial charge in [0.15, 0.2) is 0 Å². The zero-order chi connectivity index (χ0) is 15.7. The Morgan fingerprint density at radius 1 is 1.52 bits per heavy atom. The van der Waals surface area contributed by atoms with Gasteiger partial charge in [0.25, 0.3) is 0 Å². The molecule has 1 aliphatic heterocycles. The van der Waals surface area contributed by atoms with Crippen molar-refractivity contribution in [3.63, 3.8) is 0 Å². The molecule has 0 radical (unpaired) electrons. The quantitative estimate of drug-likeness (QED) is 0.692. The lowest BCUT2D eigenvalue weighted by atomic mass is 10.0. The van der Waals surface area contributed by atoms with Crippen LogP contribution in [0, 0.1) is 0 Å². The number of benzene rings is 1. The number of carbonyl (C=O) groups is 1. The fraction of sp³-hybridized carbons (Fsp3) is 0.462. The minimum absolute atomic E-state index is 0.0865. The average molecular weight is 314 g/mol. The normalized spacial score (nSPS) is 22.3. The van der Waals surface area contributed by atoms with E-state index in [9.17, 15) is 13.2 Å². The predicted octanol–water partition coefficient (Wildman–Crippen LogP) is 0.814. The number of ether oxygens (including phenoxy) is 1. The van der Waals surface area contributed by atoms with E-state index in [1.165, 1.54) is 12.1 Å². The second-order valence-electron chi connectivity index (χ2n) is 5.29. The van der Waals surface area contributed by atoms with Crippen LogP contribution in [0.4, 0.5) is 5.69 Å². The molecule has 8 heteroatoms. The molecular formula is C13H18N2O5S. The molecule has 7 nitrogen and oxygen atoms in total. The third-order valence-corrected chi connectivity index (χ3v) is 4.90. The van der Waals surface area contributed by atoms with Gasteiger partial charge in [0.1, 0.15) is 0 Å². The van der Waals surface area contributed by atoms with Gasteiger partial charge >= 0.3 is 5.97 Å². The van der Waals surface area contributed by atoms with Crippen LogP contribution >= 0.6 is 0 Å². The Morgan fingerprint density at radius 3 is 2.81 bits per heavy atom. The lowest BCUT2D eigenvalue weighted by molar-refractivity contribution is 0.0250. The van der Waals surface area contributed by atoms with Gasteiger partial charge in [-0.1, -0.05) is 0 Å². The van der Waals surface area contributed by atoms with Crippen LogP contribution in [0.3, 0.4) is 0 Å². The van der Waals surface area contributed by atoms with Crippen molar-refractivity contribution in [2.75, 3.05) is 18.9 Å². The monoisotopic (exact) mass is 314 g/mol. The summed E-state index contributed by atoms with van der Waals surface area (Å²) >= 11 is 0. The molecule has 0 aromatic heterocycles. The SMILES string of the molecule is CC1(CNS(=O)(=O)c2cc(N)ccc2C(=O)O)CCCO1. The van der Waals surface area contributed by atoms with Crippen molar-refractivity contribution >= 4 is 21.7 Å². The van der Waals surface area contributed by atoms with Crippen LogP contribution in [-0.2, 0) is 14.8 Å². The fourth-order valence-corrected chi connectivity index (χ4v) is 3.63. The first-order chi connectivity index (χ1) is 9.73. The Labute approximate surface area is 123 Å². The summed E-state index contributed by atoms with van der Waals surface area (Å²) in [6.07, 6.45) is 1.62. The minimum Gasteiger partial charge on any atom is -0.478 e. The summed E-state index contributed by atoms with van der Waals surface area (Å²) in [5.74, 6) is -1.32. The predicted molar refractivity (Wildman–Crippen MR) is 76.6 cm³/mol. The molecule has 0 saturated carbocycles. The van der Waals surface area contributed by atoms with Crippen molar-refractivity contribution in [2.24, 2.45) is 0 Å². The van der Waals surface area contributed by atoms with Crippen LogP contribution in [0.5, 0.6) is 0 Å². The molecule has 4 N–H and O–H groups in total. The van der Waals surface area contributed by atoms with Gasteiger partial charge in [-0.2, -0.15) is 0 Å². The average Bonchev–Trinajstić information content (AvgIpc) is 2.84. The van der Waals surface area contributed by atoms with E-state index < -0.39 is 21.6 Å². The molecular weight excluding hydrogens is 296 g/mol. The number of carboxylic acids is 1. The highest BCUT2D eigenvalue weighted by atomic mass is 32.2. The molecule has 1 unspecified atom stereocenters. The molecule has 116 valence electrons.